The van der Waals surface area contributed by atoms with E-state index < -0.39 is 0 Å². The molecule has 0 heterocycles. The Bertz CT molecular complexity index is 530. The summed E-state index contributed by atoms with van der Waals surface area (Å²) in [6.45, 7) is 7.96. The second-order valence-corrected chi connectivity index (χ2v) is 5.33. The molecular weight excluding hydrogens is 258 g/mol. The molecule has 0 radical (unpaired) electrons. The lowest BCUT2D eigenvalue weighted by molar-refractivity contribution is 0.268. The van der Waals surface area contributed by atoms with Gasteiger partial charge in [-0.1, -0.05) is 55.8 Å². The van der Waals surface area contributed by atoms with E-state index >= 15 is 0 Å². The molecule has 0 aliphatic heterocycles. The first-order chi connectivity index (χ1) is 10.2. The van der Waals surface area contributed by atoms with Crippen molar-refractivity contribution in [3.8, 4) is 5.75 Å². The fourth-order valence-electron chi connectivity index (χ4n) is 2.32. The monoisotopic (exact) mass is 283 g/mol. The van der Waals surface area contributed by atoms with E-state index in [2.05, 4.69) is 74.6 Å². The normalized spacial score (nSPS) is 12.1. The van der Waals surface area contributed by atoms with Gasteiger partial charge in [0.25, 0.3) is 0 Å². The Labute approximate surface area is 128 Å². The van der Waals surface area contributed by atoms with Gasteiger partial charge in [-0.15, -0.1) is 0 Å². The van der Waals surface area contributed by atoms with Crippen LogP contribution in [0.1, 0.15) is 36.6 Å². The molecule has 2 aromatic carbocycles. The number of likely N-dealkylation sites (N-methyl/N-ethyl adjacent to an activating group) is 1. The number of aryl methyl sites for hydroxylation is 2. The number of benzene rings is 2. The van der Waals surface area contributed by atoms with E-state index in [4.69, 9.17) is 4.74 Å². The Balaban J connectivity index is 2.00. The summed E-state index contributed by atoms with van der Waals surface area (Å²) in [6.07, 6.45) is 1.06. The fraction of sp³-hybridized carbons (Fsp3) is 0.368. The third-order valence-corrected chi connectivity index (χ3v) is 3.68. The van der Waals surface area contributed by atoms with Crippen LogP contribution in [0.15, 0.2) is 48.5 Å². The lowest BCUT2D eigenvalue weighted by atomic mass is 10.1. The summed E-state index contributed by atoms with van der Waals surface area (Å²) in [6, 6.07) is 17.2. The van der Waals surface area contributed by atoms with E-state index in [-0.39, 0.29) is 6.04 Å². The van der Waals surface area contributed by atoms with Crippen LogP contribution in [0.5, 0.6) is 5.75 Å². The largest absolute Gasteiger partial charge is 0.492 e. The lowest BCUT2D eigenvalue weighted by Crippen LogP contribution is -2.26. The number of hydrogen-bond donors (Lipinski definition) is 1. The Kier molecular flexibility index (Phi) is 5.82. The van der Waals surface area contributed by atoms with E-state index in [0.29, 0.717) is 6.61 Å². The third kappa shape index (κ3) is 4.61. The summed E-state index contributed by atoms with van der Waals surface area (Å²) in [4.78, 5) is 0. The average molecular weight is 283 g/mol. The van der Waals surface area contributed by atoms with Gasteiger partial charge in [0.1, 0.15) is 12.4 Å². The second kappa shape index (κ2) is 7.84. The van der Waals surface area contributed by atoms with Crippen LogP contribution >= 0.6 is 0 Å². The second-order valence-electron chi connectivity index (χ2n) is 5.33. The molecule has 2 aromatic rings. The molecule has 0 saturated carbocycles. The molecule has 112 valence electrons. The molecule has 0 amide bonds. The minimum atomic E-state index is 0.224. The predicted octanol–water partition coefficient (Wildman–Crippen LogP) is 4.29. The van der Waals surface area contributed by atoms with Crippen LogP contribution in [0, 0.1) is 6.92 Å². The highest BCUT2D eigenvalue weighted by Crippen LogP contribution is 2.18. The quantitative estimate of drug-likeness (QED) is 0.818. The van der Waals surface area contributed by atoms with Crippen LogP contribution in [0.3, 0.4) is 0 Å². The Morgan fingerprint density at radius 2 is 1.62 bits per heavy atom. The minimum absolute atomic E-state index is 0.224. The van der Waals surface area contributed by atoms with Gasteiger partial charge in [-0.3, -0.25) is 0 Å². The number of nitrogens with one attached hydrogen (secondary N) is 1. The molecule has 0 aromatic heterocycles. The van der Waals surface area contributed by atoms with Gasteiger partial charge in [0.05, 0.1) is 6.04 Å². The zero-order chi connectivity index (χ0) is 15.1. The highest BCUT2D eigenvalue weighted by Gasteiger charge is 2.11. The molecule has 2 heteroatoms. The van der Waals surface area contributed by atoms with Crippen LogP contribution in [-0.4, -0.2) is 13.2 Å². The highest BCUT2D eigenvalue weighted by molar-refractivity contribution is 5.28. The van der Waals surface area contributed by atoms with Gasteiger partial charge in [0, 0.05) is 0 Å². The first-order valence-corrected chi connectivity index (χ1v) is 7.74. The first-order valence-electron chi connectivity index (χ1n) is 7.74. The van der Waals surface area contributed by atoms with Gasteiger partial charge in [0.15, 0.2) is 0 Å². The van der Waals surface area contributed by atoms with Crippen molar-refractivity contribution in [2.75, 3.05) is 13.2 Å². The van der Waals surface area contributed by atoms with Crippen molar-refractivity contribution in [3.63, 3.8) is 0 Å². The van der Waals surface area contributed by atoms with Crippen molar-refractivity contribution in [2.24, 2.45) is 0 Å². The predicted molar refractivity (Wildman–Crippen MR) is 88.9 cm³/mol. The summed E-state index contributed by atoms with van der Waals surface area (Å²) >= 11 is 0. The molecule has 0 bridgehead atoms. The molecule has 1 N–H and O–H groups in total. The molecule has 1 atom stereocenters. The molecule has 0 saturated heterocycles. The smallest absolute Gasteiger partial charge is 0.119 e. The molecule has 0 aliphatic rings. The minimum Gasteiger partial charge on any atom is -0.492 e. The van der Waals surface area contributed by atoms with E-state index in [1.165, 1.54) is 16.7 Å². The summed E-state index contributed by atoms with van der Waals surface area (Å²) < 4.78 is 5.94. The molecule has 2 rings (SSSR count). The van der Waals surface area contributed by atoms with Crippen molar-refractivity contribution in [2.45, 2.75) is 33.2 Å². The number of ether oxygens (including phenoxy) is 1. The molecule has 1 unspecified atom stereocenters. The summed E-state index contributed by atoms with van der Waals surface area (Å²) in [5.74, 6) is 0.933. The summed E-state index contributed by atoms with van der Waals surface area (Å²) in [7, 11) is 0. The van der Waals surface area contributed by atoms with Gasteiger partial charge in [-0.25, -0.2) is 0 Å². The Morgan fingerprint density at radius 1 is 0.952 bits per heavy atom. The van der Waals surface area contributed by atoms with Gasteiger partial charge in [0.2, 0.25) is 0 Å². The van der Waals surface area contributed by atoms with E-state index in [1.54, 1.807) is 0 Å². The molecule has 2 nitrogen and oxygen atoms in total. The Hall–Kier alpha value is -1.80. The van der Waals surface area contributed by atoms with E-state index in [1.807, 2.05) is 0 Å². The number of hydrogen-bond acceptors (Lipinski definition) is 2. The standard InChI is InChI=1S/C19H25NO/c1-4-16-8-12-18(13-9-16)21-14-19(20-5-2)17-10-6-15(3)7-11-17/h6-13,19-20H,4-5,14H2,1-3H3. The van der Waals surface area contributed by atoms with Gasteiger partial charge in [-0.2, -0.15) is 0 Å². The molecule has 21 heavy (non-hydrogen) atoms. The fourth-order valence-corrected chi connectivity index (χ4v) is 2.32. The van der Waals surface area contributed by atoms with Crippen LogP contribution in [0.2, 0.25) is 0 Å². The van der Waals surface area contributed by atoms with Crippen molar-refractivity contribution in [1.82, 2.24) is 5.32 Å². The maximum Gasteiger partial charge on any atom is 0.119 e. The first kappa shape index (κ1) is 15.6. The van der Waals surface area contributed by atoms with Crippen molar-refractivity contribution in [3.05, 3.63) is 65.2 Å². The van der Waals surface area contributed by atoms with E-state index in [0.717, 1.165) is 18.7 Å². The highest BCUT2D eigenvalue weighted by atomic mass is 16.5. The van der Waals surface area contributed by atoms with Gasteiger partial charge < -0.3 is 10.1 Å². The molecular formula is C19H25NO. The molecule has 0 aliphatic carbocycles. The van der Waals surface area contributed by atoms with Crippen LogP contribution in [-0.2, 0) is 6.42 Å². The summed E-state index contributed by atoms with van der Waals surface area (Å²) in [5, 5.41) is 3.49. The van der Waals surface area contributed by atoms with E-state index in [9.17, 15) is 0 Å². The maximum absolute atomic E-state index is 5.94. The van der Waals surface area contributed by atoms with Gasteiger partial charge >= 0.3 is 0 Å². The zero-order valence-electron chi connectivity index (χ0n) is 13.2. The van der Waals surface area contributed by atoms with Crippen molar-refractivity contribution < 1.29 is 4.74 Å². The SMILES string of the molecule is CCNC(COc1ccc(CC)cc1)c1ccc(C)cc1. The average Bonchev–Trinajstić information content (AvgIpc) is 2.53. The van der Waals surface area contributed by atoms with Crippen molar-refractivity contribution in [1.29, 1.82) is 0 Å². The maximum atomic E-state index is 5.94. The lowest BCUT2D eigenvalue weighted by Gasteiger charge is -2.19. The topological polar surface area (TPSA) is 21.3 Å². The zero-order valence-corrected chi connectivity index (χ0v) is 13.2. The third-order valence-electron chi connectivity index (χ3n) is 3.68. The molecule has 0 spiro atoms. The summed E-state index contributed by atoms with van der Waals surface area (Å²) in [5.41, 5.74) is 3.89. The Morgan fingerprint density at radius 3 is 2.19 bits per heavy atom. The molecule has 0 fully saturated rings. The van der Waals surface area contributed by atoms with Crippen molar-refractivity contribution >= 4 is 0 Å². The van der Waals surface area contributed by atoms with Crippen LogP contribution in [0.4, 0.5) is 0 Å². The van der Waals surface area contributed by atoms with Gasteiger partial charge in [-0.05, 0) is 43.1 Å². The van der Waals surface area contributed by atoms with Crippen LogP contribution in [0.25, 0.3) is 0 Å². The van der Waals surface area contributed by atoms with Crippen LogP contribution < -0.4 is 10.1 Å². The number of rotatable bonds is 7.